The van der Waals surface area contributed by atoms with Crippen LogP contribution in [0.1, 0.15) is 52.7 Å². The molecular weight excluding hydrogens is 663 g/mol. The highest BCUT2D eigenvalue weighted by molar-refractivity contribution is 7.26. The third-order valence-corrected chi connectivity index (χ3v) is 11.8. The molecule has 2 nitrogen and oxygen atoms in total. The SMILES string of the molecule is CC(C)(C)c1ccc(-c2ccc(N(c3ccc(-c4ccc(C(C)(C)C)cc4)cc3)c3cccc4oc5ccc6c7ccccc7sc6c5c34)cc2)cc1. The minimum absolute atomic E-state index is 0.119. The van der Waals surface area contributed by atoms with E-state index in [1.807, 2.05) is 11.3 Å². The van der Waals surface area contributed by atoms with Gasteiger partial charge in [-0.1, -0.05) is 139 Å². The normalized spacial score (nSPS) is 12.3. The Hall–Kier alpha value is -5.64. The number of rotatable bonds is 5. The van der Waals surface area contributed by atoms with Crippen molar-refractivity contribution in [3.05, 3.63) is 163 Å². The van der Waals surface area contributed by atoms with E-state index < -0.39 is 0 Å². The second kappa shape index (κ2) is 12.5. The van der Waals surface area contributed by atoms with Crippen molar-refractivity contribution in [2.75, 3.05) is 4.90 Å². The molecule has 0 saturated carbocycles. The molecule has 0 aliphatic heterocycles. The minimum atomic E-state index is 0.119. The fourth-order valence-electron chi connectivity index (χ4n) is 7.61. The summed E-state index contributed by atoms with van der Waals surface area (Å²) in [4.78, 5) is 2.39. The number of fused-ring (bicyclic) bond motifs is 7. The molecule has 0 aliphatic rings. The average Bonchev–Trinajstić information content (AvgIpc) is 3.74. The van der Waals surface area contributed by atoms with E-state index in [0.29, 0.717) is 0 Å². The molecule has 0 atom stereocenters. The standard InChI is InChI=1S/C50H43NOS/c1-49(2,3)36-22-14-32(15-23-36)34-18-26-38(27-19-34)51(39-28-20-35(21-29-39)33-16-24-37(25-17-33)50(4,5)6)42-11-9-12-43-46(42)47-44(52-43)31-30-41-40-10-7-8-13-45(40)53-48(41)47/h7-31H,1-6H3. The first-order valence-corrected chi connectivity index (χ1v) is 19.3. The number of anilines is 3. The predicted octanol–water partition coefficient (Wildman–Crippen LogP) is 15.4. The summed E-state index contributed by atoms with van der Waals surface area (Å²) in [5, 5.41) is 4.86. The summed E-state index contributed by atoms with van der Waals surface area (Å²) in [6, 6.07) is 55.5. The van der Waals surface area contributed by atoms with Crippen LogP contribution in [0, 0.1) is 0 Å². The zero-order chi connectivity index (χ0) is 36.5. The topological polar surface area (TPSA) is 16.4 Å². The van der Waals surface area contributed by atoms with E-state index in [2.05, 4.69) is 198 Å². The van der Waals surface area contributed by atoms with Crippen LogP contribution in [-0.4, -0.2) is 0 Å². The van der Waals surface area contributed by atoms with E-state index in [1.54, 1.807) is 0 Å². The fourth-order valence-corrected chi connectivity index (χ4v) is 8.86. The summed E-state index contributed by atoms with van der Waals surface area (Å²) < 4.78 is 9.17. The van der Waals surface area contributed by atoms with Crippen molar-refractivity contribution in [2.24, 2.45) is 0 Å². The molecular formula is C50H43NOS. The van der Waals surface area contributed by atoms with Gasteiger partial charge in [0, 0.05) is 36.9 Å². The molecule has 0 bridgehead atoms. The molecule has 2 heterocycles. The Balaban J connectivity index is 1.20. The maximum absolute atomic E-state index is 6.62. The van der Waals surface area contributed by atoms with Crippen molar-refractivity contribution in [3.63, 3.8) is 0 Å². The molecule has 0 saturated heterocycles. The van der Waals surface area contributed by atoms with Crippen LogP contribution in [0.5, 0.6) is 0 Å². The number of hydrogen-bond acceptors (Lipinski definition) is 3. The van der Waals surface area contributed by atoms with Crippen LogP contribution in [0.15, 0.2) is 156 Å². The highest BCUT2D eigenvalue weighted by atomic mass is 32.1. The minimum Gasteiger partial charge on any atom is -0.456 e. The molecule has 9 rings (SSSR count). The summed E-state index contributed by atoms with van der Waals surface area (Å²) in [6.45, 7) is 13.6. The van der Waals surface area contributed by atoms with Gasteiger partial charge in [-0.25, -0.2) is 0 Å². The van der Waals surface area contributed by atoms with Crippen LogP contribution in [0.25, 0.3) is 64.4 Å². The van der Waals surface area contributed by atoms with Crippen molar-refractivity contribution < 1.29 is 4.42 Å². The largest absolute Gasteiger partial charge is 0.456 e. The van der Waals surface area contributed by atoms with Gasteiger partial charge in [0.25, 0.3) is 0 Å². The molecule has 0 unspecified atom stereocenters. The Morgan fingerprint density at radius 3 is 1.45 bits per heavy atom. The van der Waals surface area contributed by atoms with Crippen LogP contribution in [0.3, 0.4) is 0 Å². The van der Waals surface area contributed by atoms with Gasteiger partial charge in [-0.3, -0.25) is 0 Å². The van der Waals surface area contributed by atoms with Crippen LogP contribution < -0.4 is 4.90 Å². The predicted molar refractivity (Wildman–Crippen MR) is 230 cm³/mol. The molecule has 53 heavy (non-hydrogen) atoms. The van der Waals surface area contributed by atoms with Crippen molar-refractivity contribution in [3.8, 4) is 22.3 Å². The summed E-state index contributed by atoms with van der Waals surface area (Å²) in [5.74, 6) is 0. The average molecular weight is 706 g/mol. The van der Waals surface area contributed by atoms with E-state index in [-0.39, 0.29) is 10.8 Å². The lowest BCUT2D eigenvalue weighted by Crippen LogP contribution is -2.11. The maximum Gasteiger partial charge on any atom is 0.137 e. The maximum atomic E-state index is 6.62. The lowest BCUT2D eigenvalue weighted by Gasteiger charge is -2.27. The van der Waals surface area contributed by atoms with Crippen LogP contribution in [-0.2, 0) is 10.8 Å². The Morgan fingerprint density at radius 2 is 0.925 bits per heavy atom. The van der Waals surface area contributed by atoms with E-state index in [1.165, 1.54) is 58.9 Å². The third-order valence-electron chi connectivity index (χ3n) is 10.6. The van der Waals surface area contributed by atoms with Gasteiger partial charge < -0.3 is 9.32 Å². The Labute approximate surface area is 316 Å². The summed E-state index contributed by atoms with van der Waals surface area (Å²) in [7, 11) is 0. The molecule has 0 amide bonds. The molecule has 260 valence electrons. The molecule has 0 spiro atoms. The summed E-state index contributed by atoms with van der Waals surface area (Å²) in [6.07, 6.45) is 0. The molecule has 2 aromatic heterocycles. The second-order valence-electron chi connectivity index (χ2n) is 16.2. The Bertz CT molecular complexity index is 2650. The highest BCUT2D eigenvalue weighted by Gasteiger charge is 2.22. The summed E-state index contributed by atoms with van der Waals surface area (Å²) >= 11 is 1.85. The number of nitrogens with zero attached hydrogens (tertiary/aromatic N) is 1. The molecule has 0 fully saturated rings. The van der Waals surface area contributed by atoms with Crippen LogP contribution in [0.4, 0.5) is 17.1 Å². The van der Waals surface area contributed by atoms with E-state index in [4.69, 9.17) is 4.42 Å². The van der Waals surface area contributed by atoms with E-state index in [9.17, 15) is 0 Å². The van der Waals surface area contributed by atoms with Crippen LogP contribution in [0.2, 0.25) is 0 Å². The van der Waals surface area contributed by atoms with Gasteiger partial charge in [-0.15, -0.1) is 11.3 Å². The van der Waals surface area contributed by atoms with Crippen LogP contribution >= 0.6 is 11.3 Å². The molecule has 3 heteroatoms. The first kappa shape index (κ1) is 33.2. The van der Waals surface area contributed by atoms with E-state index >= 15 is 0 Å². The lowest BCUT2D eigenvalue weighted by atomic mass is 9.86. The van der Waals surface area contributed by atoms with Gasteiger partial charge in [0.15, 0.2) is 0 Å². The van der Waals surface area contributed by atoms with Crippen molar-refractivity contribution in [1.82, 2.24) is 0 Å². The number of hydrogen-bond donors (Lipinski definition) is 0. The van der Waals surface area contributed by atoms with Crippen molar-refractivity contribution in [2.45, 2.75) is 52.4 Å². The lowest BCUT2D eigenvalue weighted by molar-refractivity contribution is 0.590. The number of benzene rings is 7. The van der Waals surface area contributed by atoms with Gasteiger partial charge in [0.1, 0.15) is 11.2 Å². The van der Waals surface area contributed by atoms with E-state index in [0.717, 1.165) is 33.6 Å². The number of furan rings is 1. The molecule has 0 N–H and O–H groups in total. The Kier molecular flexibility index (Phi) is 7.83. The van der Waals surface area contributed by atoms with Gasteiger partial charge >= 0.3 is 0 Å². The van der Waals surface area contributed by atoms with Crippen molar-refractivity contribution in [1.29, 1.82) is 0 Å². The third kappa shape index (κ3) is 5.90. The highest BCUT2D eigenvalue weighted by Crippen LogP contribution is 2.48. The van der Waals surface area contributed by atoms with Gasteiger partial charge in [-0.2, -0.15) is 0 Å². The molecule has 0 aliphatic carbocycles. The quantitative estimate of drug-likeness (QED) is 0.177. The smallest absolute Gasteiger partial charge is 0.137 e. The Morgan fingerprint density at radius 1 is 0.434 bits per heavy atom. The zero-order valence-corrected chi connectivity index (χ0v) is 32.0. The fraction of sp³-hybridized carbons (Fsp3) is 0.160. The first-order chi connectivity index (χ1) is 25.5. The number of thiophene rings is 1. The van der Waals surface area contributed by atoms with Gasteiger partial charge in [-0.05, 0) is 98.8 Å². The molecule has 0 radical (unpaired) electrons. The monoisotopic (exact) mass is 705 g/mol. The van der Waals surface area contributed by atoms with Gasteiger partial charge in [0.2, 0.25) is 0 Å². The molecule has 7 aromatic carbocycles. The summed E-state index contributed by atoms with van der Waals surface area (Å²) in [5.41, 5.74) is 12.8. The first-order valence-electron chi connectivity index (χ1n) is 18.5. The zero-order valence-electron chi connectivity index (χ0n) is 31.2. The molecule has 9 aromatic rings. The van der Waals surface area contributed by atoms with Crippen molar-refractivity contribution >= 4 is 70.5 Å². The van der Waals surface area contributed by atoms with Gasteiger partial charge in [0.05, 0.1) is 11.1 Å². The second-order valence-corrected chi connectivity index (χ2v) is 17.3.